The van der Waals surface area contributed by atoms with Crippen LogP contribution in [0.2, 0.25) is 0 Å². The highest BCUT2D eigenvalue weighted by Crippen LogP contribution is 2.28. The van der Waals surface area contributed by atoms with Crippen LogP contribution >= 0.6 is 0 Å². The molecule has 1 atom stereocenters. The van der Waals surface area contributed by atoms with Gasteiger partial charge in [-0.2, -0.15) is 0 Å². The van der Waals surface area contributed by atoms with Crippen molar-refractivity contribution >= 4 is 5.82 Å². The second kappa shape index (κ2) is 11.9. The van der Waals surface area contributed by atoms with E-state index in [2.05, 4.69) is 15.7 Å². The average Bonchev–Trinajstić information content (AvgIpc) is 2.86. The smallest absolute Gasteiger partial charge is 0.161 e. The summed E-state index contributed by atoms with van der Waals surface area (Å²) in [5, 5.41) is 10.2. The summed E-state index contributed by atoms with van der Waals surface area (Å²) in [5.41, 5.74) is 3.75. The van der Waals surface area contributed by atoms with Crippen molar-refractivity contribution in [2.45, 2.75) is 19.4 Å². The first-order valence-corrected chi connectivity index (χ1v) is 11.9. The number of aryl methyl sites for hydroxylation is 1. The predicted octanol–water partition coefficient (Wildman–Crippen LogP) is 3.31. The van der Waals surface area contributed by atoms with Crippen molar-refractivity contribution < 1.29 is 14.2 Å². The first-order valence-electron chi connectivity index (χ1n) is 11.9. The second-order valence-electron chi connectivity index (χ2n) is 8.77. The number of halogens is 1. The van der Waals surface area contributed by atoms with Gasteiger partial charge in [0.05, 0.1) is 12.7 Å². The standard InChI is InChI=1S/C28H31FN4O2/c1-3-16-35-20-25(34)19-32-12-14-33(15-13-32)28-26(18-22-8-7-11-24(29)17-22)21(2)30-27(31-28)23-9-5-4-6-10-23/h1,4-11,17,25,34H,12-16,18-20H2,2H3. The van der Waals surface area contributed by atoms with E-state index < -0.39 is 6.10 Å². The summed E-state index contributed by atoms with van der Waals surface area (Å²) < 4.78 is 19.1. The highest BCUT2D eigenvalue weighted by molar-refractivity contribution is 5.61. The summed E-state index contributed by atoms with van der Waals surface area (Å²) in [6.07, 6.45) is 5.17. The third-order valence-corrected chi connectivity index (χ3v) is 6.13. The fraction of sp³-hybridized carbons (Fsp3) is 0.357. The lowest BCUT2D eigenvalue weighted by Crippen LogP contribution is -2.49. The van der Waals surface area contributed by atoms with E-state index in [-0.39, 0.29) is 19.0 Å². The Kier molecular flexibility index (Phi) is 8.43. The van der Waals surface area contributed by atoms with Crippen LogP contribution in [0, 0.1) is 25.1 Å². The van der Waals surface area contributed by atoms with E-state index in [0.29, 0.717) is 18.8 Å². The molecule has 6 nitrogen and oxygen atoms in total. The van der Waals surface area contributed by atoms with E-state index in [1.807, 2.05) is 43.3 Å². The van der Waals surface area contributed by atoms with Crippen LogP contribution in [0.5, 0.6) is 0 Å². The van der Waals surface area contributed by atoms with E-state index in [1.165, 1.54) is 6.07 Å². The summed E-state index contributed by atoms with van der Waals surface area (Å²) in [5.74, 6) is 3.73. The Morgan fingerprint density at radius 3 is 2.57 bits per heavy atom. The molecule has 0 radical (unpaired) electrons. The number of terminal acetylenes is 1. The first-order chi connectivity index (χ1) is 17.0. The van der Waals surface area contributed by atoms with E-state index in [9.17, 15) is 9.50 Å². The van der Waals surface area contributed by atoms with Gasteiger partial charge in [-0.05, 0) is 24.6 Å². The number of aromatic nitrogens is 2. The average molecular weight is 475 g/mol. The normalized spacial score (nSPS) is 15.1. The molecule has 0 spiro atoms. The van der Waals surface area contributed by atoms with Gasteiger partial charge in [0.2, 0.25) is 0 Å². The number of aliphatic hydroxyl groups is 1. The molecule has 2 aromatic carbocycles. The number of hydrogen-bond acceptors (Lipinski definition) is 6. The minimum atomic E-state index is -0.579. The highest BCUT2D eigenvalue weighted by atomic mass is 19.1. The van der Waals surface area contributed by atoms with Gasteiger partial charge in [-0.15, -0.1) is 6.42 Å². The van der Waals surface area contributed by atoms with Crippen LogP contribution in [-0.2, 0) is 11.2 Å². The minimum absolute atomic E-state index is 0.204. The number of nitrogens with zero attached hydrogens (tertiary/aromatic N) is 4. The van der Waals surface area contributed by atoms with Gasteiger partial charge in [-0.3, -0.25) is 4.90 Å². The van der Waals surface area contributed by atoms with Crippen molar-refractivity contribution in [3.05, 3.63) is 77.2 Å². The molecule has 0 amide bonds. The largest absolute Gasteiger partial charge is 0.389 e. The molecule has 0 saturated carbocycles. The van der Waals surface area contributed by atoms with Gasteiger partial charge >= 0.3 is 0 Å². The molecule has 182 valence electrons. The summed E-state index contributed by atoms with van der Waals surface area (Å²) in [6, 6.07) is 16.6. The maximum absolute atomic E-state index is 13.9. The number of rotatable bonds is 9. The van der Waals surface area contributed by atoms with Gasteiger partial charge in [-0.1, -0.05) is 48.4 Å². The lowest BCUT2D eigenvalue weighted by atomic mass is 10.0. The van der Waals surface area contributed by atoms with Crippen molar-refractivity contribution in [1.82, 2.24) is 14.9 Å². The van der Waals surface area contributed by atoms with Gasteiger partial charge in [0.25, 0.3) is 0 Å². The molecule has 1 fully saturated rings. The fourth-order valence-corrected chi connectivity index (χ4v) is 4.36. The lowest BCUT2D eigenvalue weighted by molar-refractivity contribution is 0.0267. The lowest BCUT2D eigenvalue weighted by Gasteiger charge is -2.37. The molecule has 3 aromatic rings. The van der Waals surface area contributed by atoms with Gasteiger partial charge in [0.15, 0.2) is 5.82 Å². The maximum Gasteiger partial charge on any atom is 0.161 e. The number of anilines is 1. The molecular weight excluding hydrogens is 443 g/mol. The first kappa shape index (κ1) is 24.8. The second-order valence-corrected chi connectivity index (χ2v) is 8.77. The summed E-state index contributed by atoms with van der Waals surface area (Å²) in [4.78, 5) is 14.3. The van der Waals surface area contributed by atoms with Crippen LogP contribution in [0.15, 0.2) is 54.6 Å². The van der Waals surface area contributed by atoms with Crippen LogP contribution < -0.4 is 4.90 Å². The molecule has 1 unspecified atom stereocenters. The SMILES string of the molecule is C#CCOCC(O)CN1CCN(c2nc(-c3ccccc3)nc(C)c2Cc2cccc(F)c2)CC1. The summed E-state index contributed by atoms with van der Waals surface area (Å²) >= 11 is 0. The van der Waals surface area contributed by atoms with Crippen LogP contribution in [-0.4, -0.2) is 72.0 Å². The molecule has 1 saturated heterocycles. The predicted molar refractivity (Wildman–Crippen MR) is 136 cm³/mol. The van der Waals surface area contributed by atoms with Crippen LogP contribution in [0.1, 0.15) is 16.8 Å². The Morgan fingerprint density at radius 1 is 1.09 bits per heavy atom. The van der Waals surface area contributed by atoms with Crippen molar-refractivity contribution in [1.29, 1.82) is 0 Å². The Morgan fingerprint density at radius 2 is 1.86 bits per heavy atom. The third-order valence-electron chi connectivity index (χ3n) is 6.13. The number of piperazine rings is 1. The molecule has 2 heterocycles. The third kappa shape index (κ3) is 6.64. The molecule has 1 aromatic heterocycles. The van der Waals surface area contributed by atoms with E-state index in [0.717, 1.165) is 54.4 Å². The van der Waals surface area contributed by atoms with Gasteiger partial charge in [-0.25, -0.2) is 14.4 Å². The number of β-amino-alcohol motifs (C(OH)–C–C–N with tert-alkyl or cyclic N) is 1. The number of ether oxygens (including phenoxy) is 1. The van der Waals surface area contributed by atoms with Gasteiger partial charge in [0, 0.05) is 56.0 Å². The Balaban J connectivity index is 1.55. The monoisotopic (exact) mass is 474 g/mol. The summed E-state index contributed by atoms with van der Waals surface area (Å²) in [6.45, 7) is 6.06. The molecule has 1 aliphatic rings. The molecular formula is C28H31FN4O2. The molecule has 7 heteroatoms. The summed E-state index contributed by atoms with van der Waals surface area (Å²) in [7, 11) is 0. The van der Waals surface area contributed by atoms with Gasteiger partial charge < -0.3 is 14.7 Å². The molecule has 0 bridgehead atoms. The zero-order valence-corrected chi connectivity index (χ0v) is 20.0. The number of aliphatic hydroxyl groups excluding tert-OH is 1. The number of hydrogen-bond donors (Lipinski definition) is 1. The minimum Gasteiger partial charge on any atom is -0.389 e. The van der Waals surface area contributed by atoms with Crippen LogP contribution in [0.3, 0.4) is 0 Å². The zero-order valence-electron chi connectivity index (χ0n) is 20.0. The molecule has 0 aliphatic carbocycles. The van der Waals surface area contributed by atoms with Crippen molar-refractivity contribution in [2.75, 3.05) is 50.8 Å². The number of benzene rings is 2. The van der Waals surface area contributed by atoms with E-state index in [1.54, 1.807) is 12.1 Å². The van der Waals surface area contributed by atoms with E-state index in [4.69, 9.17) is 21.1 Å². The quantitative estimate of drug-likeness (QED) is 0.379. The van der Waals surface area contributed by atoms with Crippen molar-refractivity contribution in [3.8, 4) is 23.7 Å². The highest BCUT2D eigenvalue weighted by Gasteiger charge is 2.24. The Labute approximate surface area is 206 Å². The van der Waals surface area contributed by atoms with Gasteiger partial charge in [0.1, 0.15) is 18.2 Å². The topological polar surface area (TPSA) is 61.7 Å². The molecule has 35 heavy (non-hydrogen) atoms. The van der Waals surface area contributed by atoms with E-state index >= 15 is 0 Å². The molecule has 4 rings (SSSR count). The fourth-order valence-electron chi connectivity index (χ4n) is 4.36. The Hall–Kier alpha value is -3.31. The van der Waals surface area contributed by atoms with Crippen molar-refractivity contribution in [3.63, 3.8) is 0 Å². The van der Waals surface area contributed by atoms with Crippen LogP contribution in [0.4, 0.5) is 10.2 Å². The van der Waals surface area contributed by atoms with Crippen LogP contribution in [0.25, 0.3) is 11.4 Å². The molecule has 1 N–H and O–H groups in total. The zero-order chi connectivity index (χ0) is 24.6. The van der Waals surface area contributed by atoms with Crippen molar-refractivity contribution in [2.24, 2.45) is 0 Å². The molecule has 1 aliphatic heterocycles. The maximum atomic E-state index is 13.9. The Bertz CT molecular complexity index is 1160.